The predicted molar refractivity (Wildman–Crippen MR) is 88.6 cm³/mol. The SMILES string of the molecule is O=C(Oc1ccc(N2CCCC2=O)cc1)c1ccc2c(c1)CCO2. The highest BCUT2D eigenvalue weighted by Crippen LogP contribution is 2.27. The Hall–Kier alpha value is -2.82. The number of nitrogens with zero attached hydrogens (tertiary/aromatic N) is 1. The lowest BCUT2D eigenvalue weighted by Crippen LogP contribution is -2.23. The fourth-order valence-electron chi connectivity index (χ4n) is 3.09. The maximum atomic E-state index is 12.3. The number of ether oxygens (including phenoxy) is 2. The van der Waals surface area contributed by atoms with Crippen LogP contribution in [0.4, 0.5) is 5.69 Å². The number of carbonyl (C=O) groups is 2. The van der Waals surface area contributed by atoms with Gasteiger partial charge in [0.25, 0.3) is 0 Å². The first-order valence-corrected chi connectivity index (χ1v) is 8.09. The van der Waals surface area contributed by atoms with E-state index in [1.165, 1.54) is 0 Å². The number of esters is 1. The van der Waals surface area contributed by atoms with E-state index in [1.54, 1.807) is 29.2 Å². The molecule has 0 aromatic heterocycles. The van der Waals surface area contributed by atoms with Crippen LogP contribution in [0, 0.1) is 0 Å². The van der Waals surface area contributed by atoms with Crippen molar-refractivity contribution in [1.29, 1.82) is 0 Å². The standard InChI is InChI=1S/C19H17NO4/c21-18-2-1-10-20(18)15-4-6-16(7-5-15)24-19(22)14-3-8-17-13(12-14)9-11-23-17/h3-8,12H,1-2,9-11H2. The summed E-state index contributed by atoms with van der Waals surface area (Å²) < 4.78 is 10.9. The first kappa shape index (κ1) is 14.8. The van der Waals surface area contributed by atoms with Crippen molar-refractivity contribution in [2.45, 2.75) is 19.3 Å². The molecule has 0 N–H and O–H groups in total. The van der Waals surface area contributed by atoms with Crippen LogP contribution in [0.3, 0.4) is 0 Å². The van der Waals surface area contributed by atoms with Crippen LogP contribution in [0.25, 0.3) is 0 Å². The number of benzene rings is 2. The molecule has 0 saturated carbocycles. The van der Waals surface area contributed by atoms with E-state index in [9.17, 15) is 9.59 Å². The molecular formula is C19H17NO4. The minimum atomic E-state index is -0.394. The first-order valence-electron chi connectivity index (χ1n) is 8.09. The second-order valence-corrected chi connectivity index (χ2v) is 5.95. The highest BCUT2D eigenvalue weighted by Gasteiger charge is 2.21. The van der Waals surface area contributed by atoms with Gasteiger partial charge >= 0.3 is 5.97 Å². The highest BCUT2D eigenvalue weighted by molar-refractivity contribution is 5.95. The molecule has 0 spiro atoms. The lowest BCUT2D eigenvalue weighted by Gasteiger charge is -2.15. The fourth-order valence-corrected chi connectivity index (χ4v) is 3.09. The van der Waals surface area contributed by atoms with Crippen LogP contribution in [-0.2, 0) is 11.2 Å². The van der Waals surface area contributed by atoms with Crippen molar-refractivity contribution in [3.63, 3.8) is 0 Å². The van der Waals surface area contributed by atoms with Gasteiger partial charge in [0, 0.05) is 25.1 Å². The van der Waals surface area contributed by atoms with Crippen molar-refractivity contribution in [1.82, 2.24) is 0 Å². The summed E-state index contributed by atoms with van der Waals surface area (Å²) in [7, 11) is 0. The number of rotatable bonds is 3. The molecule has 2 heterocycles. The van der Waals surface area contributed by atoms with E-state index >= 15 is 0 Å². The third-order valence-corrected chi connectivity index (χ3v) is 4.36. The Morgan fingerprint density at radius 3 is 2.67 bits per heavy atom. The summed E-state index contributed by atoms with van der Waals surface area (Å²) >= 11 is 0. The molecule has 0 bridgehead atoms. The van der Waals surface area contributed by atoms with E-state index in [2.05, 4.69) is 0 Å². The summed E-state index contributed by atoms with van der Waals surface area (Å²) in [6, 6.07) is 12.4. The topological polar surface area (TPSA) is 55.8 Å². The van der Waals surface area contributed by atoms with E-state index in [-0.39, 0.29) is 5.91 Å². The van der Waals surface area contributed by atoms with Gasteiger partial charge in [-0.3, -0.25) is 4.79 Å². The minimum Gasteiger partial charge on any atom is -0.493 e. The van der Waals surface area contributed by atoms with E-state index in [4.69, 9.17) is 9.47 Å². The monoisotopic (exact) mass is 323 g/mol. The zero-order valence-corrected chi connectivity index (χ0v) is 13.2. The van der Waals surface area contributed by atoms with Gasteiger partial charge in [-0.05, 0) is 54.4 Å². The smallest absolute Gasteiger partial charge is 0.343 e. The summed E-state index contributed by atoms with van der Waals surface area (Å²) in [6.45, 7) is 1.40. The van der Waals surface area contributed by atoms with Gasteiger partial charge < -0.3 is 14.4 Å². The molecule has 5 heteroatoms. The second kappa shape index (κ2) is 6.00. The summed E-state index contributed by atoms with van der Waals surface area (Å²) in [5.74, 6) is 1.05. The molecule has 1 saturated heterocycles. The molecule has 1 amide bonds. The third-order valence-electron chi connectivity index (χ3n) is 4.36. The lowest BCUT2D eigenvalue weighted by atomic mass is 10.1. The van der Waals surface area contributed by atoms with Crippen LogP contribution in [-0.4, -0.2) is 25.0 Å². The zero-order valence-electron chi connectivity index (χ0n) is 13.2. The van der Waals surface area contributed by atoms with Crippen LogP contribution >= 0.6 is 0 Å². The molecule has 0 radical (unpaired) electrons. The molecule has 2 aromatic rings. The normalized spacial score (nSPS) is 16.0. The molecule has 5 nitrogen and oxygen atoms in total. The average Bonchev–Trinajstić information content (AvgIpc) is 3.23. The molecule has 4 rings (SSSR count). The fraction of sp³-hybridized carbons (Fsp3) is 0.263. The first-order chi connectivity index (χ1) is 11.7. The molecule has 2 aliphatic rings. The van der Waals surface area contributed by atoms with Gasteiger partial charge in [0.15, 0.2) is 0 Å². The molecule has 1 fully saturated rings. The average molecular weight is 323 g/mol. The Morgan fingerprint density at radius 1 is 1.08 bits per heavy atom. The van der Waals surface area contributed by atoms with Gasteiger partial charge in [-0.25, -0.2) is 4.79 Å². The predicted octanol–water partition coefficient (Wildman–Crippen LogP) is 2.97. The number of anilines is 1. The number of hydrogen-bond acceptors (Lipinski definition) is 4. The summed E-state index contributed by atoms with van der Waals surface area (Å²) in [5, 5.41) is 0. The largest absolute Gasteiger partial charge is 0.493 e. The van der Waals surface area contributed by atoms with Gasteiger partial charge in [0.05, 0.1) is 12.2 Å². The lowest BCUT2D eigenvalue weighted by molar-refractivity contribution is -0.117. The Balaban J connectivity index is 1.47. The van der Waals surface area contributed by atoms with E-state index < -0.39 is 5.97 Å². The molecule has 2 aliphatic heterocycles. The van der Waals surface area contributed by atoms with Crippen LogP contribution < -0.4 is 14.4 Å². The van der Waals surface area contributed by atoms with E-state index in [0.29, 0.717) is 24.3 Å². The number of carbonyl (C=O) groups excluding carboxylic acids is 2. The minimum absolute atomic E-state index is 0.139. The molecule has 24 heavy (non-hydrogen) atoms. The number of hydrogen-bond donors (Lipinski definition) is 0. The summed E-state index contributed by atoms with van der Waals surface area (Å²) in [6.07, 6.45) is 2.30. The highest BCUT2D eigenvalue weighted by atomic mass is 16.5. The summed E-state index contributed by atoms with van der Waals surface area (Å²) in [4.78, 5) is 25.8. The Bertz CT molecular complexity index is 798. The van der Waals surface area contributed by atoms with Gasteiger partial charge in [-0.2, -0.15) is 0 Å². The van der Waals surface area contributed by atoms with E-state index in [1.807, 2.05) is 18.2 Å². The zero-order chi connectivity index (χ0) is 16.5. The maximum absolute atomic E-state index is 12.3. The van der Waals surface area contributed by atoms with Gasteiger partial charge in [0.1, 0.15) is 11.5 Å². The van der Waals surface area contributed by atoms with Crippen LogP contribution in [0.1, 0.15) is 28.8 Å². The maximum Gasteiger partial charge on any atom is 0.343 e. The Labute approximate surface area is 139 Å². The third kappa shape index (κ3) is 2.73. The van der Waals surface area contributed by atoms with Crippen LogP contribution in [0.5, 0.6) is 11.5 Å². The van der Waals surface area contributed by atoms with Crippen molar-refractivity contribution in [2.24, 2.45) is 0 Å². The van der Waals surface area contributed by atoms with Crippen LogP contribution in [0.2, 0.25) is 0 Å². The van der Waals surface area contributed by atoms with Crippen molar-refractivity contribution in [2.75, 3.05) is 18.1 Å². The number of fused-ring (bicyclic) bond motifs is 1. The van der Waals surface area contributed by atoms with Gasteiger partial charge in [-0.1, -0.05) is 0 Å². The second-order valence-electron chi connectivity index (χ2n) is 5.95. The van der Waals surface area contributed by atoms with Gasteiger partial charge in [-0.15, -0.1) is 0 Å². The Kier molecular flexibility index (Phi) is 3.69. The molecule has 0 atom stereocenters. The summed E-state index contributed by atoms with van der Waals surface area (Å²) in [5.41, 5.74) is 2.39. The van der Waals surface area contributed by atoms with Crippen molar-refractivity contribution in [3.05, 3.63) is 53.6 Å². The van der Waals surface area contributed by atoms with Crippen molar-refractivity contribution in [3.8, 4) is 11.5 Å². The van der Waals surface area contributed by atoms with Crippen molar-refractivity contribution >= 4 is 17.6 Å². The van der Waals surface area contributed by atoms with Crippen LogP contribution in [0.15, 0.2) is 42.5 Å². The quantitative estimate of drug-likeness (QED) is 0.644. The molecule has 122 valence electrons. The molecular weight excluding hydrogens is 306 g/mol. The van der Waals surface area contributed by atoms with Gasteiger partial charge in [0.2, 0.25) is 5.91 Å². The molecule has 2 aromatic carbocycles. The number of amides is 1. The Morgan fingerprint density at radius 2 is 1.92 bits per heavy atom. The van der Waals surface area contributed by atoms with Crippen molar-refractivity contribution < 1.29 is 19.1 Å². The van der Waals surface area contributed by atoms with E-state index in [0.717, 1.165) is 36.4 Å². The molecule has 0 aliphatic carbocycles. The molecule has 0 unspecified atom stereocenters.